The molecule has 0 aliphatic carbocycles. The van der Waals surface area contributed by atoms with Crippen LogP contribution in [0, 0.1) is 5.82 Å². The fraction of sp³-hybridized carbons (Fsp3) is 0.118. The van der Waals surface area contributed by atoms with Gasteiger partial charge in [0.2, 0.25) is 5.91 Å². The molecule has 0 bridgehead atoms. The lowest BCUT2D eigenvalue weighted by Gasteiger charge is -2.07. The number of aromatic nitrogens is 3. The highest BCUT2D eigenvalue weighted by molar-refractivity contribution is 7.99. The Labute approximate surface area is 148 Å². The Hall–Kier alpha value is -2.87. The maximum atomic E-state index is 12.9. The molecule has 1 heterocycles. The van der Waals surface area contributed by atoms with Gasteiger partial charge in [-0.05, 0) is 36.4 Å². The van der Waals surface area contributed by atoms with Gasteiger partial charge >= 0.3 is 0 Å². The van der Waals surface area contributed by atoms with E-state index < -0.39 is 0 Å². The molecule has 0 aliphatic heterocycles. The van der Waals surface area contributed by atoms with Gasteiger partial charge in [0.1, 0.15) is 5.82 Å². The summed E-state index contributed by atoms with van der Waals surface area (Å²) < 4.78 is 14.7. The molecule has 1 amide bonds. The molecule has 0 radical (unpaired) electrons. The van der Waals surface area contributed by atoms with E-state index in [1.165, 1.54) is 36.0 Å². The van der Waals surface area contributed by atoms with Crippen molar-refractivity contribution < 1.29 is 9.18 Å². The van der Waals surface area contributed by atoms with Crippen molar-refractivity contribution in [1.82, 2.24) is 14.8 Å². The molecular formula is C17H16FN5OS. The van der Waals surface area contributed by atoms with Crippen LogP contribution in [0.3, 0.4) is 0 Å². The van der Waals surface area contributed by atoms with Gasteiger partial charge in [0.05, 0.1) is 5.75 Å². The average molecular weight is 357 g/mol. The van der Waals surface area contributed by atoms with Gasteiger partial charge in [-0.2, -0.15) is 0 Å². The molecule has 128 valence electrons. The molecule has 3 N–H and O–H groups in total. The van der Waals surface area contributed by atoms with Crippen LogP contribution in [0.1, 0.15) is 0 Å². The molecule has 0 atom stereocenters. The van der Waals surface area contributed by atoms with Crippen LogP contribution in [0.5, 0.6) is 0 Å². The maximum absolute atomic E-state index is 12.9. The third-order valence-electron chi connectivity index (χ3n) is 3.50. The molecule has 0 unspecified atom stereocenters. The minimum atomic E-state index is -0.348. The van der Waals surface area contributed by atoms with E-state index in [9.17, 15) is 9.18 Å². The van der Waals surface area contributed by atoms with E-state index in [0.29, 0.717) is 22.4 Å². The zero-order chi connectivity index (χ0) is 17.8. The third-order valence-corrected chi connectivity index (χ3v) is 4.52. The first-order valence-corrected chi connectivity index (χ1v) is 8.45. The summed E-state index contributed by atoms with van der Waals surface area (Å²) in [5, 5.41) is 11.6. The van der Waals surface area contributed by atoms with Gasteiger partial charge in [-0.1, -0.05) is 23.9 Å². The minimum absolute atomic E-state index is 0.160. The van der Waals surface area contributed by atoms with Crippen LogP contribution < -0.4 is 11.1 Å². The van der Waals surface area contributed by atoms with Gasteiger partial charge in [0.25, 0.3) is 0 Å². The Morgan fingerprint density at radius 2 is 1.92 bits per heavy atom. The monoisotopic (exact) mass is 357 g/mol. The highest BCUT2D eigenvalue weighted by atomic mass is 32.2. The smallest absolute Gasteiger partial charge is 0.234 e. The molecule has 8 heteroatoms. The summed E-state index contributed by atoms with van der Waals surface area (Å²) in [5.41, 5.74) is 7.92. The second-order valence-electron chi connectivity index (χ2n) is 5.30. The first-order chi connectivity index (χ1) is 12.0. The van der Waals surface area contributed by atoms with E-state index in [4.69, 9.17) is 5.73 Å². The number of rotatable bonds is 5. The van der Waals surface area contributed by atoms with Gasteiger partial charge < -0.3 is 15.6 Å². The Kier molecular flexibility index (Phi) is 4.99. The molecule has 0 saturated carbocycles. The van der Waals surface area contributed by atoms with E-state index in [1.54, 1.807) is 10.6 Å². The van der Waals surface area contributed by atoms with Crippen LogP contribution >= 0.6 is 11.8 Å². The topological polar surface area (TPSA) is 85.8 Å². The Balaban J connectivity index is 1.65. The van der Waals surface area contributed by atoms with Crippen molar-refractivity contribution in [3.05, 3.63) is 54.3 Å². The normalized spacial score (nSPS) is 10.6. The number of carbonyl (C=O) groups excluding carboxylic acids is 1. The van der Waals surface area contributed by atoms with Gasteiger partial charge in [-0.15, -0.1) is 10.2 Å². The summed E-state index contributed by atoms with van der Waals surface area (Å²) in [4.78, 5) is 12.0. The number of nitrogen functional groups attached to an aromatic ring is 1. The van der Waals surface area contributed by atoms with Crippen LogP contribution in [-0.4, -0.2) is 26.4 Å². The van der Waals surface area contributed by atoms with Crippen LogP contribution in [0.2, 0.25) is 0 Å². The second kappa shape index (κ2) is 7.35. The first kappa shape index (κ1) is 17.0. The SMILES string of the molecule is Cn1c(SCC(=O)Nc2ccc(F)cc2)nnc1-c1ccccc1N. The van der Waals surface area contributed by atoms with E-state index in [-0.39, 0.29) is 17.5 Å². The molecule has 3 aromatic rings. The summed E-state index contributed by atoms with van der Waals surface area (Å²) in [6.45, 7) is 0. The van der Waals surface area contributed by atoms with E-state index >= 15 is 0 Å². The van der Waals surface area contributed by atoms with Crippen molar-refractivity contribution in [2.45, 2.75) is 5.16 Å². The molecule has 0 aliphatic rings. The summed E-state index contributed by atoms with van der Waals surface area (Å²) in [7, 11) is 1.82. The molecule has 0 fully saturated rings. The summed E-state index contributed by atoms with van der Waals surface area (Å²) in [5.74, 6) is 0.243. The maximum Gasteiger partial charge on any atom is 0.234 e. The van der Waals surface area contributed by atoms with Crippen molar-refractivity contribution in [2.24, 2.45) is 7.05 Å². The van der Waals surface area contributed by atoms with Gasteiger partial charge in [0, 0.05) is 24.0 Å². The predicted molar refractivity (Wildman–Crippen MR) is 96.6 cm³/mol. The Morgan fingerprint density at radius 1 is 1.20 bits per heavy atom. The highest BCUT2D eigenvalue weighted by Gasteiger charge is 2.14. The average Bonchev–Trinajstić information content (AvgIpc) is 2.96. The number of nitrogens with one attached hydrogen (secondary N) is 1. The number of nitrogens with zero attached hydrogens (tertiary/aromatic N) is 3. The van der Waals surface area contributed by atoms with Crippen molar-refractivity contribution in [2.75, 3.05) is 16.8 Å². The Bertz CT molecular complexity index is 894. The number of anilines is 2. The Morgan fingerprint density at radius 3 is 2.64 bits per heavy atom. The molecular weight excluding hydrogens is 341 g/mol. The number of benzene rings is 2. The van der Waals surface area contributed by atoms with Crippen LogP contribution in [-0.2, 0) is 11.8 Å². The molecule has 0 spiro atoms. The van der Waals surface area contributed by atoms with Crippen LogP contribution in [0.25, 0.3) is 11.4 Å². The number of hydrogen-bond acceptors (Lipinski definition) is 5. The predicted octanol–water partition coefficient (Wildman–Crippen LogP) is 2.93. The minimum Gasteiger partial charge on any atom is -0.398 e. The molecule has 3 rings (SSSR count). The number of carbonyl (C=O) groups is 1. The van der Waals surface area contributed by atoms with Crippen molar-refractivity contribution >= 4 is 29.0 Å². The lowest BCUT2D eigenvalue weighted by Crippen LogP contribution is -2.14. The summed E-state index contributed by atoms with van der Waals surface area (Å²) in [6.07, 6.45) is 0. The van der Waals surface area contributed by atoms with Gasteiger partial charge in [-0.25, -0.2) is 4.39 Å². The standard InChI is InChI=1S/C17H16FN5OS/c1-23-16(13-4-2-3-5-14(13)19)21-22-17(23)25-10-15(24)20-12-8-6-11(18)7-9-12/h2-9H,10,19H2,1H3,(H,20,24). The van der Waals surface area contributed by atoms with Crippen molar-refractivity contribution in [3.8, 4) is 11.4 Å². The highest BCUT2D eigenvalue weighted by Crippen LogP contribution is 2.26. The summed E-state index contributed by atoms with van der Waals surface area (Å²) >= 11 is 1.26. The lowest BCUT2D eigenvalue weighted by atomic mass is 10.2. The van der Waals surface area contributed by atoms with Gasteiger partial charge in [0.15, 0.2) is 11.0 Å². The molecule has 25 heavy (non-hydrogen) atoms. The first-order valence-electron chi connectivity index (χ1n) is 7.47. The van der Waals surface area contributed by atoms with Crippen LogP contribution in [0.15, 0.2) is 53.7 Å². The molecule has 2 aromatic carbocycles. The third kappa shape index (κ3) is 3.97. The van der Waals surface area contributed by atoms with E-state index in [1.807, 2.05) is 25.2 Å². The second-order valence-corrected chi connectivity index (χ2v) is 6.24. The number of thioether (sulfide) groups is 1. The molecule has 0 saturated heterocycles. The molecule has 1 aromatic heterocycles. The zero-order valence-corrected chi connectivity index (χ0v) is 14.3. The fourth-order valence-electron chi connectivity index (χ4n) is 2.24. The zero-order valence-electron chi connectivity index (χ0n) is 13.4. The number of hydrogen-bond donors (Lipinski definition) is 2. The van der Waals surface area contributed by atoms with Gasteiger partial charge in [-0.3, -0.25) is 4.79 Å². The number of nitrogens with two attached hydrogens (primary N) is 1. The fourth-order valence-corrected chi connectivity index (χ4v) is 2.95. The number of halogens is 1. The van der Waals surface area contributed by atoms with Crippen molar-refractivity contribution in [1.29, 1.82) is 0 Å². The number of para-hydroxylation sites is 1. The van der Waals surface area contributed by atoms with Crippen molar-refractivity contribution in [3.63, 3.8) is 0 Å². The lowest BCUT2D eigenvalue weighted by molar-refractivity contribution is -0.113. The quantitative estimate of drug-likeness (QED) is 0.542. The van der Waals surface area contributed by atoms with E-state index in [0.717, 1.165) is 5.56 Å². The van der Waals surface area contributed by atoms with Crippen LogP contribution in [0.4, 0.5) is 15.8 Å². The molecule has 6 nitrogen and oxygen atoms in total. The largest absolute Gasteiger partial charge is 0.398 e. The summed E-state index contributed by atoms with van der Waals surface area (Å²) in [6, 6.07) is 13.0. The van der Waals surface area contributed by atoms with E-state index in [2.05, 4.69) is 15.5 Å². The number of amides is 1.